The number of carbonyl (C=O) groups is 1. The Balaban J connectivity index is 1.48. The number of aliphatic hydroxyl groups is 1. The van der Waals surface area contributed by atoms with Gasteiger partial charge in [-0.2, -0.15) is 18.4 Å². The number of hydrogen-bond donors (Lipinski definition) is 2. The summed E-state index contributed by atoms with van der Waals surface area (Å²) in [7, 11) is 1.78. The maximum atomic E-state index is 13.8. The fourth-order valence-corrected chi connectivity index (χ4v) is 5.28. The molecular weight excluding hydrogens is 535 g/mol. The molecule has 0 saturated heterocycles. The molecule has 6 rings (SSSR count). The predicted octanol–water partition coefficient (Wildman–Crippen LogP) is 4.92. The van der Waals surface area contributed by atoms with Crippen LogP contribution in [0, 0.1) is 11.3 Å². The Morgan fingerprint density at radius 3 is 2.59 bits per heavy atom. The molecule has 2 aliphatic rings. The second-order valence-corrected chi connectivity index (χ2v) is 10.4. The standard InChI is InChI=1S/C29H24F3N7O2/c1-38-16-35-37-26(38)19-7-6-17(13-33)10-21(19)18-11-24(34-15-28(41)8-3-9-28)36-25(12-18)39-14-22-20(27(39)40)4-2-5-23(22)29(30,31)32/h2,4-7,10-12,16,41H,3,8-9,14-15H2,1H3,(H,34,36). The number of hydrogen-bond acceptors (Lipinski definition) is 7. The van der Waals surface area contributed by atoms with Crippen LogP contribution in [0.2, 0.25) is 0 Å². The van der Waals surface area contributed by atoms with E-state index in [9.17, 15) is 28.3 Å². The number of aromatic nitrogens is 4. The Bertz CT molecular complexity index is 1720. The molecule has 12 heteroatoms. The highest BCUT2D eigenvalue weighted by atomic mass is 19.4. The van der Waals surface area contributed by atoms with Gasteiger partial charge >= 0.3 is 6.18 Å². The number of amides is 1. The summed E-state index contributed by atoms with van der Waals surface area (Å²) in [6.45, 7) is -0.0955. The number of halogens is 3. The number of rotatable bonds is 6. The summed E-state index contributed by atoms with van der Waals surface area (Å²) in [6, 6.07) is 14.1. The molecule has 208 valence electrons. The number of nitriles is 1. The zero-order valence-electron chi connectivity index (χ0n) is 21.9. The van der Waals surface area contributed by atoms with Crippen molar-refractivity contribution in [3.05, 3.63) is 77.1 Å². The molecule has 1 fully saturated rings. The van der Waals surface area contributed by atoms with E-state index in [1.54, 1.807) is 48.3 Å². The molecule has 0 atom stereocenters. The van der Waals surface area contributed by atoms with Crippen LogP contribution in [-0.2, 0) is 19.8 Å². The maximum absolute atomic E-state index is 13.8. The average molecular weight is 560 g/mol. The van der Waals surface area contributed by atoms with Gasteiger partial charge < -0.3 is 15.0 Å². The van der Waals surface area contributed by atoms with Crippen LogP contribution in [0.4, 0.5) is 24.8 Å². The van der Waals surface area contributed by atoms with Gasteiger partial charge in [-0.15, -0.1) is 10.2 Å². The lowest BCUT2D eigenvalue weighted by molar-refractivity contribution is -0.138. The summed E-state index contributed by atoms with van der Waals surface area (Å²) in [5, 5.41) is 31.6. The van der Waals surface area contributed by atoms with Gasteiger partial charge in [0.25, 0.3) is 5.91 Å². The molecular formula is C29H24F3N7O2. The Hall–Kier alpha value is -4.76. The molecule has 0 unspecified atom stereocenters. The van der Waals surface area contributed by atoms with Gasteiger partial charge in [-0.1, -0.05) is 6.07 Å². The molecule has 4 aromatic rings. The second-order valence-electron chi connectivity index (χ2n) is 10.4. The van der Waals surface area contributed by atoms with E-state index in [0.29, 0.717) is 46.7 Å². The number of pyridine rings is 1. The van der Waals surface area contributed by atoms with E-state index in [-0.39, 0.29) is 30.0 Å². The fourth-order valence-electron chi connectivity index (χ4n) is 5.28. The van der Waals surface area contributed by atoms with Gasteiger partial charge in [0, 0.05) is 24.7 Å². The Morgan fingerprint density at radius 2 is 1.93 bits per heavy atom. The topological polar surface area (TPSA) is 120 Å². The highest BCUT2D eigenvalue weighted by Gasteiger charge is 2.40. The van der Waals surface area contributed by atoms with Crippen molar-refractivity contribution in [2.75, 3.05) is 16.8 Å². The number of alkyl halides is 3. The molecule has 0 bridgehead atoms. The number of aryl methyl sites for hydroxylation is 1. The maximum Gasteiger partial charge on any atom is 0.416 e. The number of nitrogens with one attached hydrogen (secondary N) is 1. The van der Waals surface area contributed by atoms with Crippen LogP contribution in [0.15, 0.2) is 54.9 Å². The third-order valence-corrected chi connectivity index (χ3v) is 7.66. The van der Waals surface area contributed by atoms with Crippen molar-refractivity contribution < 1.29 is 23.1 Å². The smallest absolute Gasteiger partial charge is 0.388 e. The number of carbonyl (C=O) groups excluding carboxylic acids is 1. The predicted molar refractivity (Wildman–Crippen MR) is 144 cm³/mol. The third-order valence-electron chi connectivity index (χ3n) is 7.66. The zero-order chi connectivity index (χ0) is 28.9. The van der Waals surface area contributed by atoms with E-state index in [1.165, 1.54) is 17.0 Å². The van der Waals surface area contributed by atoms with Crippen molar-refractivity contribution in [2.24, 2.45) is 7.05 Å². The molecule has 3 heterocycles. The van der Waals surface area contributed by atoms with Crippen LogP contribution in [0.5, 0.6) is 0 Å². The SMILES string of the molecule is Cn1cnnc1-c1ccc(C#N)cc1-c1cc(NCC2(O)CCC2)nc(N2Cc3c(cccc3C(F)(F)F)C2=O)c1. The summed E-state index contributed by atoms with van der Waals surface area (Å²) in [4.78, 5) is 19.2. The molecule has 0 spiro atoms. The molecule has 41 heavy (non-hydrogen) atoms. The minimum atomic E-state index is -4.62. The minimum Gasteiger partial charge on any atom is -0.388 e. The summed E-state index contributed by atoms with van der Waals surface area (Å²) >= 11 is 0. The van der Waals surface area contributed by atoms with Crippen LogP contribution >= 0.6 is 0 Å². The second kappa shape index (κ2) is 9.71. The lowest BCUT2D eigenvalue weighted by Gasteiger charge is -2.36. The van der Waals surface area contributed by atoms with E-state index >= 15 is 0 Å². The highest BCUT2D eigenvalue weighted by molar-refractivity contribution is 6.10. The van der Waals surface area contributed by atoms with Gasteiger partial charge in [-0.05, 0) is 78.4 Å². The number of benzene rings is 2. The van der Waals surface area contributed by atoms with E-state index in [4.69, 9.17) is 0 Å². The Morgan fingerprint density at radius 1 is 1.12 bits per heavy atom. The van der Waals surface area contributed by atoms with Crippen molar-refractivity contribution in [3.8, 4) is 28.6 Å². The summed E-state index contributed by atoms with van der Waals surface area (Å²) in [5.41, 5.74) is 0.283. The van der Waals surface area contributed by atoms with Gasteiger partial charge in [-0.25, -0.2) is 4.98 Å². The first-order chi connectivity index (χ1) is 19.6. The average Bonchev–Trinajstić information content (AvgIpc) is 3.52. The van der Waals surface area contributed by atoms with Gasteiger partial charge in [-0.3, -0.25) is 9.69 Å². The molecule has 1 aliphatic heterocycles. The molecule has 2 aromatic heterocycles. The van der Waals surface area contributed by atoms with Crippen LogP contribution in [0.25, 0.3) is 22.5 Å². The lowest BCUT2D eigenvalue weighted by atomic mass is 9.80. The molecule has 9 nitrogen and oxygen atoms in total. The molecule has 1 amide bonds. The normalized spacial score (nSPS) is 15.8. The van der Waals surface area contributed by atoms with Crippen molar-refractivity contribution in [1.82, 2.24) is 19.7 Å². The minimum absolute atomic E-state index is 0.0310. The number of fused-ring (bicyclic) bond motifs is 1. The van der Waals surface area contributed by atoms with Crippen LogP contribution < -0.4 is 10.2 Å². The molecule has 1 saturated carbocycles. The molecule has 2 N–H and O–H groups in total. The molecule has 1 aliphatic carbocycles. The quantitative estimate of drug-likeness (QED) is 0.344. The number of nitrogens with zero attached hydrogens (tertiary/aromatic N) is 6. The van der Waals surface area contributed by atoms with Gasteiger partial charge in [0.05, 0.1) is 29.3 Å². The van der Waals surface area contributed by atoms with Crippen molar-refractivity contribution in [2.45, 2.75) is 37.6 Å². The summed E-state index contributed by atoms with van der Waals surface area (Å²) < 4.78 is 43.0. The lowest BCUT2D eigenvalue weighted by Crippen LogP contribution is -2.43. The monoisotopic (exact) mass is 559 g/mol. The Labute approximate surface area is 232 Å². The van der Waals surface area contributed by atoms with Crippen molar-refractivity contribution in [1.29, 1.82) is 5.26 Å². The summed E-state index contributed by atoms with van der Waals surface area (Å²) in [6.07, 6.45) is -0.911. The third kappa shape index (κ3) is 4.78. The fraction of sp³-hybridized carbons (Fsp3) is 0.276. The van der Waals surface area contributed by atoms with Gasteiger partial charge in [0.15, 0.2) is 5.82 Å². The molecule has 2 aromatic carbocycles. The highest BCUT2D eigenvalue weighted by Crippen LogP contribution is 2.40. The van der Waals surface area contributed by atoms with E-state index < -0.39 is 23.2 Å². The van der Waals surface area contributed by atoms with Crippen molar-refractivity contribution in [3.63, 3.8) is 0 Å². The first-order valence-corrected chi connectivity index (χ1v) is 12.9. The molecule has 0 radical (unpaired) electrons. The first-order valence-electron chi connectivity index (χ1n) is 12.9. The van der Waals surface area contributed by atoms with Crippen LogP contribution in [0.1, 0.15) is 46.3 Å². The first kappa shape index (κ1) is 26.5. The van der Waals surface area contributed by atoms with Crippen LogP contribution in [0.3, 0.4) is 0 Å². The van der Waals surface area contributed by atoms with E-state index in [1.807, 2.05) is 0 Å². The van der Waals surface area contributed by atoms with Gasteiger partial charge in [0.2, 0.25) is 0 Å². The largest absolute Gasteiger partial charge is 0.416 e. The zero-order valence-corrected chi connectivity index (χ0v) is 21.9. The Kier molecular flexibility index (Phi) is 6.26. The number of anilines is 2. The van der Waals surface area contributed by atoms with Crippen LogP contribution in [-0.4, -0.2) is 42.9 Å². The van der Waals surface area contributed by atoms with E-state index in [2.05, 4.69) is 26.6 Å². The van der Waals surface area contributed by atoms with Crippen molar-refractivity contribution >= 4 is 17.5 Å². The van der Waals surface area contributed by atoms with E-state index in [0.717, 1.165) is 12.5 Å². The summed E-state index contributed by atoms with van der Waals surface area (Å²) in [5.74, 6) is 0.384. The van der Waals surface area contributed by atoms with Gasteiger partial charge in [0.1, 0.15) is 18.0 Å².